The van der Waals surface area contributed by atoms with Gasteiger partial charge in [0.15, 0.2) is 11.6 Å². The minimum Gasteiger partial charge on any atom is -0.397 e. The molecule has 94 valence electrons. The molecule has 0 spiro atoms. The summed E-state index contributed by atoms with van der Waals surface area (Å²) >= 11 is 0. The molecule has 0 aromatic heterocycles. The van der Waals surface area contributed by atoms with Crippen LogP contribution in [0.2, 0.25) is 0 Å². The Morgan fingerprint density at radius 2 is 1.94 bits per heavy atom. The number of hydrogen-bond donors (Lipinski definition) is 1. The van der Waals surface area contributed by atoms with E-state index in [1.165, 1.54) is 6.07 Å². The van der Waals surface area contributed by atoms with Crippen molar-refractivity contribution in [3.05, 3.63) is 23.8 Å². The van der Waals surface area contributed by atoms with E-state index in [0.717, 1.165) is 38.4 Å². The van der Waals surface area contributed by atoms with Gasteiger partial charge in [-0.2, -0.15) is 0 Å². The molecular formula is C13H18F2N2. The smallest absolute Gasteiger partial charge is 0.184 e. The van der Waals surface area contributed by atoms with Crippen LogP contribution in [0.1, 0.15) is 26.2 Å². The molecule has 17 heavy (non-hydrogen) atoms. The highest BCUT2D eigenvalue weighted by Gasteiger charge is 2.23. The highest BCUT2D eigenvalue weighted by atomic mass is 19.2. The number of nitrogens with zero attached hydrogens (tertiary/aromatic N) is 1. The average molecular weight is 240 g/mol. The zero-order valence-electron chi connectivity index (χ0n) is 10.0. The summed E-state index contributed by atoms with van der Waals surface area (Å²) in [6, 6.07) is 2.51. The number of piperidine rings is 1. The van der Waals surface area contributed by atoms with Crippen molar-refractivity contribution in [1.29, 1.82) is 0 Å². The van der Waals surface area contributed by atoms with Gasteiger partial charge in [-0.25, -0.2) is 8.78 Å². The van der Waals surface area contributed by atoms with Gasteiger partial charge in [0, 0.05) is 13.1 Å². The first-order valence-corrected chi connectivity index (χ1v) is 6.12. The Bertz CT molecular complexity index is 399. The number of nitrogen functional groups attached to an aromatic ring is 1. The van der Waals surface area contributed by atoms with Crippen molar-refractivity contribution in [1.82, 2.24) is 0 Å². The predicted octanol–water partition coefficient (Wildman–Crippen LogP) is 3.17. The number of benzene rings is 1. The van der Waals surface area contributed by atoms with Crippen LogP contribution in [0.4, 0.5) is 20.2 Å². The summed E-state index contributed by atoms with van der Waals surface area (Å²) in [5.41, 5.74) is 6.29. The second kappa shape index (κ2) is 4.90. The number of halogens is 2. The standard InChI is InChI=1S/C13H18F2N2/c1-2-9-5-7-17(8-6-9)13-11(16)4-3-10(14)12(13)15/h3-4,9H,2,5-8,16H2,1H3. The number of anilines is 2. The molecule has 0 aliphatic carbocycles. The highest BCUT2D eigenvalue weighted by Crippen LogP contribution is 2.32. The van der Waals surface area contributed by atoms with E-state index < -0.39 is 11.6 Å². The van der Waals surface area contributed by atoms with Crippen LogP contribution in [-0.4, -0.2) is 13.1 Å². The summed E-state index contributed by atoms with van der Waals surface area (Å²) in [6.45, 7) is 3.67. The van der Waals surface area contributed by atoms with Crippen LogP contribution in [0.3, 0.4) is 0 Å². The van der Waals surface area contributed by atoms with E-state index in [0.29, 0.717) is 11.6 Å². The lowest BCUT2D eigenvalue weighted by Crippen LogP contribution is -2.34. The third kappa shape index (κ3) is 2.35. The SMILES string of the molecule is CCC1CCN(c2c(N)ccc(F)c2F)CC1. The topological polar surface area (TPSA) is 29.3 Å². The molecule has 0 bridgehead atoms. The number of hydrogen-bond acceptors (Lipinski definition) is 2. The van der Waals surface area contributed by atoms with E-state index in [-0.39, 0.29) is 5.69 Å². The minimum atomic E-state index is -0.827. The molecule has 0 saturated carbocycles. The molecule has 0 atom stereocenters. The van der Waals surface area contributed by atoms with E-state index in [9.17, 15) is 8.78 Å². The van der Waals surface area contributed by atoms with Crippen LogP contribution >= 0.6 is 0 Å². The van der Waals surface area contributed by atoms with E-state index in [2.05, 4.69) is 6.92 Å². The van der Waals surface area contributed by atoms with Gasteiger partial charge in [0.25, 0.3) is 0 Å². The van der Waals surface area contributed by atoms with Gasteiger partial charge in [0.1, 0.15) is 0 Å². The first-order chi connectivity index (χ1) is 8.13. The molecule has 1 heterocycles. The quantitative estimate of drug-likeness (QED) is 0.804. The van der Waals surface area contributed by atoms with Gasteiger partial charge in [-0.3, -0.25) is 0 Å². The van der Waals surface area contributed by atoms with Crippen molar-refractivity contribution in [2.24, 2.45) is 5.92 Å². The lowest BCUT2D eigenvalue weighted by Gasteiger charge is -2.34. The fraction of sp³-hybridized carbons (Fsp3) is 0.538. The average Bonchev–Trinajstić information content (AvgIpc) is 2.35. The summed E-state index contributed by atoms with van der Waals surface area (Å²) in [5, 5.41) is 0. The van der Waals surface area contributed by atoms with Crippen molar-refractivity contribution in [3.8, 4) is 0 Å². The molecular weight excluding hydrogens is 222 g/mol. The fourth-order valence-electron chi connectivity index (χ4n) is 2.44. The molecule has 1 aromatic carbocycles. The molecule has 0 amide bonds. The second-order valence-corrected chi connectivity index (χ2v) is 4.64. The maximum absolute atomic E-state index is 13.7. The normalized spacial score (nSPS) is 17.5. The predicted molar refractivity (Wildman–Crippen MR) is 66.0 cm³/mol. The van der Waals surface area contributed by atoms with E-state index in [1.807, 2.05) is 4.90 Å². The maximum Gasteiger partial charge on any atom is 0.184 e. The van der Waals surface area contributed by atoms with Gasteiger partial charge in [-0.1, -0.05) is 13.3 Å². The molecule has 1 fully saturated rings. The Morgan fingerprint density at radius 3 is 2.53 bits per heavy atom. The molecule has 2 nitrogen and oxygen atoms in total. The molecule has 2 rings (SSSR count). The zero-order chi connectivity index (χ0) is 12.4. The van der Waals surface area contributed by atoms with Gasteiger partial charge in [-0.05, 0) is 30.9 Å². The van der Waals surface area contributed by atoms with Gasteiger partial charge < -0.3 is 10.6 Å². The molecule has 4 heteroatoms. The number of rotatable bonds is 2. The Balaban J connectivity index is 2.21. The molecule has 0 radical (unpaired) electrons. The zero-order valence-corrected chi connectivity index (χ0v) is 10.0. The van der Waals surface area contributed by atoms with Crippen LogP contribution in [0, 0.1) is 17.6 Å². The maximum atomic E-state index is 13.7. The molecule has 1 aliphatic heterocycles. The summed E-state index contributed by atoms with van der Waals surface area (Å²) in [4.78, 5) is 1.86. The van der Waals surface area contributed by atoms with Crippen LogP contribution < -0.4 is 10.6 Å². The van der Waals surface area contributed by atoms with Crippen molar-refractivity contribution < 1.29 is 8.78 Å². The third-order valence-corrected chi connectivity index (χ3v) is 3.61. The molecule has 1 saturated heterocycles. The second-order valence-electron chi connectivity index (χ2n) is 4.64. The minimum absolute atomic E-state index is 0.236. The monoisotopic (exact) mass is 240 g/mol. The third-order valence-electron chi connectivity index (χ3n) is 3.61. The van der Waals surface area contributed by atoms with Crippen molar-refractivity contribution >= 4 is 11.4 Å². The Labute approximate surface area is 100 Å². The first-order valence-electron chi connectivity index (χ1n) is 6.12. The first kappa shape index (κ1) is 12.1. The van der Waals surface area contributed by atoms with Crippen LogP contribution in [-0.2, 0) is 0 Å². The van der Waals surface area contributed by atoms with Crippen molar-refractivity contribution in [2.45, 2.75) is 26.2 Å². The summed E-state index contributed by atoms with van der Waals surface area (Å²) in [7, 11) is 0. The molecule has 0 unspecified atom stereocenters. The largest absolute Gasteiger partial charge is 0.397 e. The lowest BCUT2D eigenvalue weighted by molar-refractivity contribution is 0.391. The highest BCUT2D eigenvalue weighted by molar-refractivity contribution is 5.68. The fourth-order valence-corrected chi connectivity index (χ4v) is 2.44. The Hall–Kier alpha value is -1.32. The van der Waals surface area contributed by atoms with Gasteiger partial charge in [0.2, 0.25) is 0 Å². The van der Waals surface area contributed by atoms with Crippen molar-refractivity contribution in [2.75, 3.05) is 23.7 Å². The van der Waals surface area contributed by atoms with Crippen molar-refractivity contribution in [3.63, 3.8) is 0 Å². The molecule has 1 aromatic rings. The summed E-state index contributed by atoms with van der Waals surface area (Å²) < 4.78 is 26.9. The van der Waals surface area contributed by atoms with Crippen LogP contribution in [0.5, 0.6) is 0 Å². The van der Waals surface area contributed by atoms with E-state index in [1.54, 1.807) is 0 Å². The summed E-state index contributed by atoms with van der Waals surface area (Å²) in [5.74, 6) is -0.948. The Kier molecular flexibility index (Phi) is 3.50. The van der Waals surface area contributed by atoms with Gasteiger partial charge in [0.05, 0.1) is 11.4 Å². The lowest BCUT2D eigenvalue weighted by atomic mass is 9.94. The Morgan fingerprint density at radius 1 is 1.29 bits per heavy atom. The van der Waals surface area contributed by atoms with E-state index >= 15 is 0 Å². The van der Waals surface area contributed by atoms with Crippen LogP contribution in [0.15, 0.2) is 12.1 Å². The van der Waals surface area contributed by atoms with Gasteiger partial charge >= 0.3 is 0 Å². The number of nitrogens with two attached hydrogens (primary N) is 1. The van der Waals surface area contributed by atoms with Crippen LogP contribution in [0.25, 0.3) is 0 Å². The molecule has 1 aliphatic rings. The summed E-state index contributed by atoms with van der Waals surface area (Å²) in [6.07, 6.45) is 3.19. The van der Waals surface area contributed by atoms with E-state index in [4.69, 9.17) is 5.73 Å². The van der Waals surface area contributed by atoms with Gasteiger partial charge in [-0.15, -0.1) is 0 Å². The molecule has 2 N–H and O–H groups in total.